The van der Waals surface area contributed by atoms with Gasteiger partial charge in [0.05, 0.1) is 6.54 Å². The zero-order valence-corrected chi connectivity index (χ0v) is 16.8. The third-order valence-corrected chi connectivity index (χ3v) is 4.67. The van der Waals surface area contributed by atoms with Crippen LogP contribution >= 0.6 is 12.2 Å². The van der Waals surface area contributed by atoms with Gasteiger partial charge in [-0.2, -0.15) is 5.21 Å². The molecule has 28 heavy (non-hydrogen) atoms. The summed E-state index contributed by atoms with van der Waals surface area (Å²) in [6, 6.07) is 16.5. The van der Waals surface area contributed by atoms with Crippen molar-refractivity contribution in [2.45, 2.75) is 32.7 Å². The van der Waals surface area contributed by atoms with Crippen LogP contribution in [0.3, 0.4) is 0 Å². The van der Waals surface area contributed by atoms with E-state index in [0.717, 1.165) is 28.1 Å². The molecule has 0 fully saturated rings. The summed E-state index contributed by atoms with van der Waals surface area (Å²) in [4.78, 5) is 4.48. The fourth-order valence-electron chi connectivity index (χ4n) is 3.21. The summed E-state index contributed by atoms with van der Waals surface area (Å²) in [6.45, 7) is 7.08. The maximum absolute atomic E-state index is 5.24. The standard InChI is InChI=1S/C20H21N7S/c1-20(2,3)18-21-19(28)24-27(18)12-13-8-10-14(11-9-13)15-6-4-5-7-16(15)17-22-25-26-23-17/h4-11H,12H2,1-3H3,(H,24,28)(H,22,23,25,26). The molecule has 8 heteroatoms. The van der Waals surface area contributed by atoms with Gasteiger partial charge in [-0.15, -0.1) is 10.2 Å². The number of aromatic amines is 2. The highest BCUT2D eigenvalue weighted by Crippen LogP contribution is 2.30. The van der Waals surface area contributed by atoms with Crippen LogP contribution in [-0.4, -0.2) is 35.4 Å². The second-order valence-corrected chi connectivity index (χ2v) is 8.05. The number of H-pyrrole nitrogens is 2. The first-order valence-electron chi connectivity index (χ1n) is 9.01. The van der Waals surface area contributed by atoms with E-state index in [4.69, 9.17) is 12.2 Å². The van der Waals surface area contributed by atoms with Crippen LogP contribution in [0.2, 0.25) is 0 Å². The number of nitrogens with one attached hydrogen (secondary N) is 2. The number of tetrazole rings is 1. The fraction of sp³-hybridized carbons (Fsp3) is 0.250. The van der Waals surface area contributed by atoms with E-state index in [9.17, 15) is 0 Å². The molecule has 0 aliphatic rings. The van der Waals surface area contributed by atoms with E-state index in [1.807, 2.05) is 22.9 Å². The Morgan fingerprint density at radius 2 is 1.71 bits per heavy atom. The number of nitrogens with zero attached hydrogens (tertiary/aromatic N) is 5. The second-order valence-electron chi connectivity index (χ2n) is 7.67. The van der Waals surface area contributed by atoms with Crippen molar-refractivity contribution < 1.29 is 0 Å². The van der Waals surface area contributed by atoms with Gasteiger partial charge in [-0.3, -0.25) is 9.78 Å². The van der Waals surface area contributed by atoms with E-state index >= 15 is 0 Å². The van der Waals surface area contributed by atoms with Crippen molar-refractivity contribution in [1.29, 1.82) is 0 Å². The van der Waals surface area contributed by atoms with Gasteiger partial charge in [-0.25, -0.2) is 4.98 Å². The minimum atomic E-state index is -0.0863. The number of aromatic nitrogens is 7. The van der Waals surface area contributed by atoms with Crippen molar-refractivity contribution in [1.82, 2.24) is 35.4 Å². The van der Waals surface area contributed by atoms with Gasteiger partial charge in [0, 0.05) is 11.0 Å². The van der Waals surface area contributed by atoms with Gasteiger partial charge in [-0.05, 0) is 34.1 Å². The summed E-state index contributed by atoms with van der Waals surface area (Å²) >= 11 is 5.24. The van der Waals surface area contributed by atoms with Crippen molar-refractivity contribution in [3.8, 4) is 22.5 Å². The summed E-state index contributed by atoms with van der Waals surface area (Å²) in [6.07, 6.45) is 0. The van der Waals surface area contributed by atoms with Crippen molar-refractivity contribution in [3.63, 3.8) is 0 Å². The van der Waals surface area contributed by atoms with Crippen LogP contribution in [0.1, 0.15) is 32.2 Å². The van der Waals surface area contributed by atoms with Crippen molar-refractivity contribution >= 4 is 12.2 Å². The molecular weight excluding hydrogens is 370 g/mol. The van der Waals surface area contributed by atoms with Gasteiger partial charge >= 0.3 is 0 Å². The van der Waals surface area contributed by atoms with E-state index in [1.54, 1.807) is 0 Å². The molecule has 0 saturated heterocycles. The first kappa shape index (κ1) is 18.2. The third kappa shape index (κ3) is 3.63. The highest BCUT2D eigenvalue weighted by Gasteiger charge is 2.21. The Balaban J connectivity index is 1.64. The minimum Gasteiger partial charge on any atom is -0.271 e. The zero-order chi connectivity index (χ0) is 19.7. The first-order chi connectivity index (χ1) is 13.4. The molecule has 0 aliphatic carbocycles. The lowest BCUT2D eigenvalue weighted by Gasteiger charge is -2.19. The van der Waals surface area contributed by atoms with Gasteiger partial charge in [0.2, 0.25) is 10.6 Å². The molecule has 0 spiro atoms. The fourth-order valence-corrected chi connectivity index (χ4v) is 3.41. The molecule has 2 N–H and O–H groups in total. The molecule has 0 radical (unpaired) electrons. The highest BCUT2D eigenvalue weighted by atomic mass is 32.1. The van der Waals surface area contributed by atoms with E-state index in [0.29, 0.717) is 17.1 Å². The van der Waals surface area contributed by atoms with Crippen LogP contribution in [0, 0.1) is 4.77 Å². The predicted molar refractivity (Wildman–Crippen MR) is 110 cm³/mol. The van der Waals surface area contributed by atoms with Crippen LogP contribution in [0.4, 0.5) is 0 Å². The van der Waals surface area contributed by atoms with Gasteiger partial charge in [0.25, 0.3) is 0 Å². The molecule has 4 rings (SSSR count). The minimum absolute atomic E-state index is 0.0863. The van der Waals surface area contributed by atoms with Crippen molar-refractivity contribution in [3.05, 3.63) is 64.7 Å². The summed E-state index contributed by atoms with van der Waals surface area (Å²) < 4.78 is 2.53. The summed E-state index contributed by atoms with van der Waals surface area (Å²) in [5, 5.41) is 17.6. The molecule has 0 saturated carbocycles. The maximum atomic E-state index is 5.24. The van der Waals surface area contributed by atoms with Crippen LogP contribution < -0.4 is 0 Å². The summed E-state index contributed by atoms with van der Waals surface area (Å²) in [5.74, 6) is 1.53. The third-order valence-electron chi connectivity index (χ3n) is 4.48. The van der Waals surface area contributed by atoms with E-state index in [2.05, 4.69) is 81.8 Å². The number of rotatable bonds is 4. The molecule has 2 aromatic carbocycles. The molecule has 2 aromatic heterocycles. The number of hydrogen-bond donors (Lipinski definition) is 2. The molecule has 0 unspecified atom stereocenters. The van der Waals surface area contributed by atoms with E-state index in [1.165, 1.54) is 0 Å². The Labute approximate surface area is 167 Å². The van der Waals surface area contributed by atoms with Crippen LogP contribution in [0.15, 0.2) is 48.5 Å². The SMILES string of the molecule is CC(C)(C)c1nc(=S)[nH]n1Cc1ccc(-c2ccccc2-c2nn[nH]n2)cc1. The van der Waals surface area contributed by atoms with Crippen molar-refractivity contribution in [2.24, 2.45) is 0 Å². The molecule has 0 atom stereocenters. The quantitative estimate of drug-likeness (QED) is 0.511. The summed E-state index contributed by atoms with van der Waals surface area (Å²) in [5.41, 5.74) is 4.18. The monoisotopic (exact) mass is 391 g/mol. The second kappa shape index (κ2) is 7.12. The van der Waals surface area contributed by atoms with Gasteiger partial charge in [-0.1, -0.05) is 69.3 Å². The normalized spacial score (nSPS) is 11.7. The van der Waals surface area contributed by atoms with E-state index < -0.39 is 0 Å². The van der Waals surface area contributed by atoms with E-state index in [-0.39, 0.29) is 5.41 Å². The molecular formula is C20H21N7S. The van der Waals surface area contributed by atoms with Crippen LogP contribution in [0.5, 0.6) is 0 Å². The Morgan fingerprint density at radius 3 is 2.36 bits per heavy atom. The molecule has 2 heterocycles. The van der Waals surface area contributed by atoms with Crippen molar-refractivity contribution in [2.75, 3.05) is 0 Å². The average Bonchev–Trinajstić information content (AvgIpc) is 3.32. The zero-order valence-electron chi connectivity index (χ0n) is 16.0. The first-order valence-corrected chi connectivity index (χ1v) is 9.42. The largest absolute Gasteiger partial charge is 0.271 e. The Morgan fingerprint density at radius 1 is 1.00 bits per heavy atom. The van der Waals surface area contributed by atoms with Gasteiger partial charge < -0.3 is 0 Å². The molecule has 0 bridgehead atoms. The van der Waals surface area contributed by atoms with Crippen LogP contribution in [0.25, 0.3) is 22.5 Å². The molecule has 142 valence electrons. The molecule has 4 aromatic rings. The Bertz CT molecular complexity index is 1130. The van der Waals surface area contributed by atoms with Crippen LogP contribution in [-0.2, 0) is 12.0 Å². The lowest BCUT2D eigenvalue weighted by molar-refractivity contribution is 0.490. The lowest BCUT2D eigenvalue weighted by atomic mass is 9.95. The highest BCUT2D eigenvalue weighted by molar-refractivity contribution is 7.71. The predicted octanol–water partition coefficient (Wildman–Crippen LogP) is 4.13. The molecule has 0 aliphatic heterocycles. The summed E-state index contributed by atoms with van der Waals surface area (Å²) in [7, 11) is 0. The number of hydrogen-bond acceptors (Lipinski definition) is 5. The maximum Gasteiger partial charge on any atom is 0.213 e. The lowest BCUT2D eigenvalue weighted by Crippen LogP contribution is -2.20. The molecule has 0 amide bonds. The average molecular weight is 392 g/mol. The van der Waals surface area contributed by atoms with Gasteiger partial charge in [0.1, 0.15) is 5.82 Å². The number of benzene rings is 2. The molecule has 7 nitrogen and oxygen atoms in total. The van der Waals surface area contributed by atoms with Gasteiger partial charge in [0.15, 0.2) is 0 Å². The Hall–Kier alpha value is -3.13. The Kier molecular flexibility index (Phi) is 4.64. The smallest absolute Gasteiger partial charge is 0.213 e. The topological polar surface area (TPSA) is 88.1 Å².